The molecule has 0 bridgehead atoms. The largest absolute Gasteiger partial charge is 0.465 e. The summed E-state index contributed by atoms with van der Waals surface area (Å²) in [5.41, 5.74) is 6.95. The van der Waals surface area contributed by atoms with E-state index in [4.69, 9.17) is 19.7 Å². The number of aromatic nitrogens is 6. The van der Waals surface area contributed by atoms with Crippen LogP contribution in [0.2, 0.25) is 0 Å². The highest BCUT2D eigenvalue weighted by molar-refractivity contribution is 5.89. The van der Waals surface area contributed by atoms with Gasteiger partial charge in [0.05, 0.1) is 30.9 Å². The molecule has 2 aliphatic rings. The number of methoxy groups -OCH3 is 2. The number of esters is 2. The maximum Gasteiger partial charge on any atom is 0.337 e. The fraction of sp³-hybridized carbons (Fsp3) is 0.350. The third kappa shape index (κ3) is 7.58. The molecule has 12 heteroatoms. The van der Waals surface area contributed by atoms with Crippen LogP contribution in [-0.2, 0) is 9.47 Å². The Morgan fingerprint density at radius 2 is 1.00 bits per heavy atom. The Balaban J connectivity index is 0.000000162. The fourth-order valence-electron chi connectivity index (χ4n) is 7.19. The first kappa shape index (κ1) is 35.0. The predicted molar refractivity (Wildman–Crippen MR) is 198 cm³/mol. The summed E-state index contributed by atoms with van der Waals surface area (Å²) >= 11 is 0. The van der Waals surface area contributed by atoms with E-state index in [9.17, 15) is 9.59 Å². The molecule has 2 atom stereocenters. The van der Waals surface area contributed by atoms with Gasteiger partial charge in [0.25, 0.3) is 0 Å². The molecule has 2 saturated heterocycles. The lowest BCUT2D eigenvalue weighted by Gasteiger charge is -2.34. The summed E-state index contributed by atoms with van der Waals surface area (Å²) in [6.07, 6.45) is 7.15. The summed E-state index contributed by atoms with van der Waals surface area (Å²) in [5, 5.41) is 18.2. The first-order valence-electron chi connectivity index (χ1n) is 18.0. The zero-order chi connectivity index (χ0) is 35.9. The number of carbonyl (C=O) groups excluding carboxylic acids is 2. The second-order valence-electron chi connectivity index (χ2n) is 13.2. The van der Waals surface area contributed by atoms with Crippen molar-refractivity contribution in [1.82, 2.24) is 39.8 Å². The molecule has 0 radical (unpaired) electrons. The van der Waals surface area contributed by atoms with E-state index in [0.717, 1.165) is 59.4 Å². The summed E-state index contributed by atoms with van der Waals surface area (Å²) in [6.45, 7) is 4.08. The van der Waals surface area contributed by atoms with Crippen LogP contribution in [0, 0.1) is 0 Å². The van der Waals surface area contributed by atoms with Gasteiger partial charge in [-0.15, -0.1) is 5.10 Å². The Hall–Kier alpha value is -5.46. The van der Waals surface area contributed by atoms with Gasteiger partial charge in [-0.25, -0.2) is 14.3 Å². The third-order valence-corrected chi connectivity index (χ3v) is 9.86. The van der Waals surface area contributed by atoms with Crippen molar-refractivity contribution >= 4 is 34.0 Å². The fourth-order valence-corrected chi connectivity index (χ4v) is 7.19. The van der Waals surface area contributed by atoms with Crippen molar-refractivity contribution in [1.29, 1.82) is 0 Å². The van der Waals surface area contributed by atoms with Crippen molar-refractivity contribution in [3.63, 3.8) is 0 Å². The number of carbonyl (C=O) groups is 2. The minimum absolute atomic E-state index is 0.0330. The lowest BCUT2D eigenvalue weighted by atomic mass is 10.0. The van der Waals surface area contributed by atoms with Gasteiger partial charge in [-0.2, -0.15) is 15.0 Å². The van der Waals surface area contributed by atoms with Crippen molar-refractivity contribution in [2.75, 3.05) is 40.4 Å². The number of nitrogens with zero attached hydrogens (tertiary/aromatic N) is 8. The average molecular weight is 701 g/mol. The minimum Gasteiger partial charge on any atom is -0.465 e. The SMILES string of the molecule is COC(=O)c1ccc(C(N2CCCCC2)n2nc3ccccc3n2)cc1.COC(=O)c1ccc(C(N2CCCCC2)n2nnc3ccccc32)cc1. The van der Waals surface area contributed by atoms with Gasteiger partial charge in [0.1, 0.15) is 28.9 Å². The Morgan fingerprint density at radius 3 is 1.50 bits per heavy atom. The highest BCUT2D eigenvalue weighted by Gasteiger charge is 2.28. The predicted octanol–water partition coefficient (Wildman–Crippen LogP) is 6.50. The summed E-state index contributed by atoms with van der Waals surface area (Å²) in [4.78, 5) is 30.1. The topological polar surface area (TPSA) is 120 Å². The van der Waals surface area contributed by atoms with Crippen LogP contribution in [0.25, 0.3) is 22.1 Å². The van der Waals surface area contributed by atoms with Crippen molar-refractivity contribution in [2.24, 2.45) is 0 Å². The molecular formula is C40H44N8O4. The minimum atomic E-state index is -0.325. The van der Waals surface area contributed by atoms with Crippen molar-refractivity contribution in [3.8, 4) is 0 Å². The van der Waals surface area contributed by atoms with Crippen LogP contribution in [-0.4, -0.2) is 92.1 Å². The molecule has 0 saturated carbocycles. The summed E-state index contributed by atoms with van der Waals surface area (Å²) in [6, 6.07) is 31.1. The lowest BCUT2D eigenvalue weighted by molar-refractivity contribution is 0.0591. The highest BCUT2D eigenvalue weighted by Crippen LogP contribution is 2.30. The zero-order valence-corrected chi connectivity index (χ0v) is 29.7. The number of rotatable bonds is 8. The number of piperidine rings is 2. The summed E-state index contributed by atoms with van der Waals surface area (Å²) in [5.74, 6) is -0.647. The number of hydrogen-bond acceptors (Lipinski definition) is 10. The second-order valence-corrected chi connectivity index (χ2v) is 13.2. The molecule has 12 nitrogen and oxygen atoms in total. The van der Waals surface area contributed by atoms with Crippen LogP contribution in [0.5, 0.6) is 0 Å². The average Bonchev–Trinajstić information content (AvgIpc) is 3.84. The van der Waals surface area contributed by atoms with E-state index < -0.39 is 0 Å². The first-order valence-corrected chi connectivity index (χ1v) is 18.0. The molecule has 2 aromatic heterocycles. The molecule has 0 amide bonds. The van der Waals surface area contributed by atoms with Crippen LogP contribution >= 0.6 is 0 Å². The van der Waals surface area contributed by atoms with Crippen molar-refractivity contribution in [3.05, 3.63) is 119 Å². The van der Waals surface area contributed by atoms with Crippen LogP contribution in [0.4, 0.5) is 0 Å². The maximum absolute atomic E-state index is 11.7. The van der Waals surface area contributed by atoms with E-state index in [2.05, 4.69) is 26.2 Å². The molecular weight excluding hydrogens is 656 g/mol. The van der Waals surface area contributed by atoms with Crippen LogP contribution in [0.15, 0.2) is 97.1 Å². The number of likely N-dealkylation sites (tertiary alicyclic amines) is 2. The van der Waals surface area contributed by atoms with Gasteiger partial charge in [-0.3, -0.25) is 9.80 Å². The molecule has 0 aliphatic carbocycles. The Labute approximate surface area is 302 Å². The molecule has 2 unspecified atom stereocenters. The van der Waals surface area contributed by atoms with E-state index in [1.54, 1.807) is 12.1 Å². The van der Waals surface area contributed by atoms with E-state index >= 15 is 0 Å². The molecule has 6 aromatic rings. The molecule has 268 valence electrons. The van der Waals surface area contributed by atoms with Crippen LogP contribution in [0.3, 0.4) is 0 Å². The van der Waals surface area contributed by atoms with Gasteiger partial charge in [0, 0.05) is 26.2 Å². The molecule has 4 heterocycles. The molecule has 4 aromatic carbocycles. The van der Waals surface area contributed by atoms with Crippen LogP contribution < -0.4 is 0 Å². The van der Waals surface area contributed by atoms with Crippen LogP contribution in [0.1, 0.15) is 82.7 Å². The smallest absolute Gasteiger partial charge is 0.337 e. The highest BCUT2D eigenvalue weighted by atomic mass is 16.5. The Bertz CT molecular complexity index is 2060. The number of benzene rings is 4. The van der Waals surface area contributed by atoms with Gasteiger partial charge in [0.2, 0.25) is 0 Å². The second kappa shape index (κ2) is 16.3. The summed E-state index contributed by atoms with van der Waals surface area (Å²) < 4.78 is 11.6. The monoisotopic (exact) mass is 700 g/mol. The van der Waals surface area contributed by atoms with E-state index in [-0.39, 0.29) is 24.3 Å². The number of hydrogen-bond donors (Lipinski definition) is 0. The standard InChI is InChI=1S/2C20H22N4O2/c1-26-20(25)16-11-9-15(10-12-16)19(23-13-5-2-6-14-23)24-18-8-4-3-7-17(18)21-22-24;1-26-20(25)16-11-9-15(10-12-16)19(23-13-5-2-6-14-23)24-21-17-7-3-4-8-18(17)22-24/h2*3-4,7-12,19H,2,5-6,13-14H2,1H3. The normalized spacial score (nSPS) is 16.5. The van der Waals surface area contributed by atoms with Gasteiger partial charge in [0.15, 0.2) is 0 Å². The quantitative estimate of drug-likeness (QED) is 0.163. The van der Waals surface area contributed by atoms with E-state index in [0.29, 0.717) is 11.1 Å². The number of ether oxygens (including phenoxy) is 2. The van der Waals surface area contributed by atoms with Gasteiger partial charge >= 0.3 is 11.9 Å². The molecule has 52 heavy (non-hydrogen) atoms. The van der Waals surface area contributed by atoms with E-state index in [1.807, 2.05) is 88.3 Å². The first-order chi connectivity index (χ1) is 25.5. The molecule has 2 aliphatic heterocycles. The van der Waals surface area contributed by atoms with Gasteiger partial charge in [-0.05, 0) is 85.3 Å². The molecule has 2 fully saturated rings. The van der Waals surface area contributed by atoms with Crippen molar-refractivity contribution < 1.29 is 19.1 Å². The molecule has 0 spiro atoms. The number of para-hydroxylation sites is 1. The van der Waals surface area contributed by atoms with Crippen molar-refractivity contribution in [2.45, 2.75) is 50.9 Å². The van der Waals surface area contributed by atoms with Gasteiger partial charge in [-0.1, -0.05) is 66.6 Å². The van der Waals surface area contributed by atoms with Gasteiger partial charge < -0.3 is 9.47 Å². The lowest BCUT2D eigenvalue weighted by Crippen LogP contribution is -2.38. The number of fused-ring (bicyclic) bond motifs is 2. The maximum atomic E-state index is 11.7. The Morgan fingerprint density at radius 1 is 0.558 bits per heavy atom. The third-order valence-electron chi connectivity index (χ3n) is 9.86. The molecule has 0 N–H and O–H groups in total. The summed E-state index contributed by atoms with van der Waals surface area (Å²) in [7, 11) is 2.79. The van der Waals surface area contributed by atoms with E-state index in [1.165, 1.54) is 52.7 Å². The Kier molecular flexibility index (Phi) is 10.9. The zero-order valence-electron chi connectivity index (χ0n) is 29.7. The molecule has 8 rings (SSSR count).